The Morgan fingerprint density at radius 2 is 1.90 bits per heavy atom. The molecular weight excluding hydrogens is 272 g/mol. The Kier molecular flexibility index (Phi) is 4.94. The van der Waals surface area contributed by atoms with E-state index in [0.717, 1.165) is 18.7 Å². The van der Waals surface area contributed by atoms with Crippen molar-refractivity contribution < 1.29 is 9.90 Å². The first-order chi connectivity index (χ1) is 9.45. The summed E-state index contributed by atoms with van der Waals surface area (Å²) in [6, 6.07) is 6.34. The number of hydrogen-bond acceptors (Lipinski definition) is 4. The van der Waals surface area contributed by atoms with Crippen molar-refractivity contribution in [2.24, 2.45) is 5.73 Å². The highest BCUT2D eigenvalue weighted by atomic mass is 32.2. The summed E-state index contributed by atoms with van der Waals surface area (Å²) in [5.41, 5.74) is 7.02. The molecule has 20 heavy (non-hydrogen) atoms. The molecule has 0 aromatic heterocycles. The predicted molar refractivity (Wildman–Crippen MR) is 82.9 cm³/mol. The van der Waals surface area contributed by atoms with E-state index in [0.29, 0.717) is 16.9 Å². The quantitative estimate of drug-likeness (QED) is 0.889. The second-order valence-corrected chi connectivity index (χ2v) is 7.36. The van der Waals surface area contributed by atoms with Gasteiger partial charge in [0.25, 0.3) is 0 Å². The summed E-state index contributed by atoms with van der Waals surface area (Å²) in [6.07, 6.45) is 0.505. The van der Waals surface area contributed by atoms with Crippen molar-refractivity contribution in [3.05, 3.63) is 29.8 Å². The van der Waals surface area contributed by atoms with E-state index in [1.165, 1.54) is 0 Å². The summed E-state index contributed by atoms with van der Waals surface area (Å²) in [4.78, 5) is 14.3. The van der Waals surface area contributed by atoms with Crippen LogP contribution < -0.4 is 5.73 Å². The van der Waals surface area contributed by atoms with E-state index >= 15 is 0 Å². The summed E-state index contributed by atoms with van der Waals surface area (Å²) in [6.45, 7) is 5.84. The molecule has 2 rings (SSSR count). The normalized spacial score (nSPS) is 24.4. The highest BCUT2D eigenvalue weighted by molar-refractivity contribution is 8.00. The number of phenolic OH excluding ortho intramolecular Hbond substituents is 1. The number of hydrogen-bond donors (Lipinski definition) is 2. The molecule has 1 aliphatic rings. The molecule has 5 heteroatoms. The molecule has 1 aromatic rings. The van der Waals surface area contributed by atoms with Gasteiger partial charge >= 0.3 is 0 Å². The Morgan fingerprint density at radius 3 is 2.45 bits per heavy atom. The standard InChI is InChI=1S/C15H22N2O2S/c1-10-8-17(9-11(2)20-10)15(19)14(16)7-12-3-5-13(18)6-4-12/h3-6,10-11,14,18H,7-9,16H2,1-2H3/t10?,11?,14-/m1/s1. The first kappa shape index (κ1) is 15.2. The van der Waals surface area contributed by atoms with Gasteiger partial charge in [-0.25, -0.2) is 0 Å². The zero-order chi connectivity index (χ0) is 14.7. The molecule has 0 bridgehead atoms. The predicted octanol–water partition coefficient (Wildman–Crippen LogP) is 1.61. The number of thioether (sulfide) groups is 1. The van der Waals surface area contributed by atoms with Gasteiger partial charge in [-0.05, 0) is 24.1 Å². The zero-order valence-corrected chi connectivity index (χ0v) is 12.8. The molecule has 0 aliphatic carbocycles. The second kappa shape index (κ2) is 6.50. The van der Waals surface area contributed by atoms with Crippen LogP contribution in [0.15, 0.2) is 24.3 Å². The maximum atomic E-state index is 12.4. The van der Waals surface area contributed by atoms with Gasteiger partial charge in [0.2, 0.25) is 5.91 Å². The maximum absolute atomic E-state index is 12.4. The number of phenols is 1. The number of aromatic hydroxyl groups is 1. The number of benzene rings is 1. The molecule has 2 unspecified atom stereocenters. The van der Waals surface area contributed by atoms with Gasteiger partial charge in [0.1, 0.15) is 5.75 Å². The lowest BCUT2D eigenvalue weighted by atomic mass is 10.1. The minimum atomic E-state index is -0.512. The van der Waals surface area contributed by atoms with Gasteiger partial charge in [-0.2, -0.15) is 11.8 Å². The Bertz CT molecular complexity index is 453. The largest absolute Gasteiger partial charge is 0.508 e. The molecule has 1 aliphatic heterocycles. The van der Waals surface area contributed by atoms with Gasteiger partial charge < -0.3 is 15.7 Å². The zero-order valence-electron chi connectivity index (χ0n) is 12.0. The van der Waals surface area contributed by atoms with E-state index in [2.05, 4.69) is 13.8 Å². The molecule has 4 nitrogen and oxygen atoms in total. The topological polar surface area (TPSA) is 66.6 Å². The van der Waals surface area contributed by atoms with Crippen molar-refractivity contribution in [2.75, 3.05) is 13.1 Å². The summed E-state index contributed by atoms with van der Waals surface area (Å²) < 4.78 is 0. The van der Waals surface area contributed by atoms with Crippen LogP contribution in [-0.2, 0) is 11.2 Å². The second-order valence-electron chi connectivity index (χ2n) is 5.48. The van der Waals surface area contributed by atoms with E-state index < -0.39 is 6.04 Å². The van der Waals surface area contributed by atoms with Crippen LogP contribution >= 0.6 is 11.8 Å². The maximum Gasteiger partial charge on any atom is 0.239 e. The van der Waals surface area contributed by atoms with E-state index in [9.17, 15) is 9.90 Å². The molecule has 1 fully saturated rings. The summed E-state index contributed by atoms with van der Waals surface area (Å²) >= 11 is 1.92. The van der Waals surface area contributed by atoms with Crippen LogP contribution in [0.25, 0.3) is 0 Å². The van der Waals surface area contributed by atoms with Crippen molar-refractivity contribution in [2.45, 2.75) is 36.8 Å². The number of nitrogens with zero attached hydrogens (tertiary/aromatic N) is 1. The smallest absolute Gasteiger partial charge is 0.239 e. The van der Waals surface area contributed by atoms with Crippen LogP contribution in [0.4, 0.5) is 0 Å². The molecule has 0 spiro atoms. The fourth-order valence-electron chi connectivity index (χ4n) is 2.57. The highest BCUT2D eigenvalue weighted by Crippen LogP contribution is 2.25. The minimum absolute atomic E-state index is 0.0251. The van der Waals surface area contributed by atoms with E-state index in [4.69, 9.17) is 5.73 Å². The molecule has 3 N–H and O–H groups in total. The van der Waals surface area contributed by atoms with E-state index in [1.54, 1.807) is 24.3 Å². The Labute approximate surface area is 124 Å². The van der Waals surface area contributed by atoms with E-state index in [1.807, 2.05) is 16.7 Å². The fraction of sp³-hybridized carbons (Fsp3) is 0.533. The molecular formula is C15H22N2O2S. The summed E-state index contributed by atoms with van der Waals surface area (Å²) in [5, 5.41) is 10.2. The third-order valence-corrected chi connectivity index (χ3v) is 4.67. The van der Waals surface area contributed by atoms with E-state index in [-0.39, 0.29) is 11.7 Å². The first-order valence-corrected chi connectivity index (χ1v) is 7.87. The van der Waals surface area contributed by atoms with Gasteiger partial charge in [0.15, 0.2) is 0 Å². The molecule has 0 saturated carbocycles. The van der Waals surface area contributed by atoms with Gasteiger partial charge in [-0.15, -0.1) is 0 Å². The van der Waals surface area contributed by atoms with Gasteiger partial charge in [0.05, 0.1) is 6.04 Å². The number of amides is 1. The van der Waals surface area contributed by atoms with Crippen molar-refractivity contribution in [3.63, 3.8) is 0 Å². The van der Waals surface area contributed by atoms with Crippen molar-refractivity contribution in [3.8, 4) is 5.75 Å². The average molecular weight is 294 g/mol. The molecule has 1 heterocycles. The summed E-state index contributed by atoms with van der Waals surface area (Å²) in [7, 11) is 0. The van der Waals surface area contributed by atoms with Crippen molar-refractivity contribution in [1.29, 1.82) is 0 Å². The average Bonchev–Trinajstić information content (AvgIpc) is 2.39. The number of carbonyl (C=O) groups is 1. The number of nitrogens with two attached hydrogens (primary N) is 1. The lowest BCUT2D eigenvalue weighted by molar-refractivity contribution is -0.132. The fourth-order valence-corrected chi connectivity index (χ4v) is 3.89. The van der Waals surface area contributed by atoms with Crippen molar-refractivity contribution >= 4 is 17.7 Å². The monoisotopic (exact) mass is 294 g/mol. The molecule has 0 radical (unpaired) electrons. The van der Waals surface area contributed by atoms with Crippen LogP contribution in [0.1, 0.15) is 19.4 Å². The van der Waals surface area contributed by atoms with Crippen LogP contribution in [-0.4, -0.2) is 45.5 Å². The first-order valence-electron chi connectivity index (χ1n) is 6.93. The number of carbonyl (C=O) groups excluding carboxylic acids is 1. The van der Waals surface area contributed by atoms with Gasteiger partial charge in [-0.3, -0.25) is 4.79 Å². The van der Waals surface area contributed by atoms with Crippen LogP contribution in [0, 0.1) is 0 Å². The third kappa shape index (κ3) is 3.90. The summed E-state index contributed by atoms with van der Waals surface area (Å²) in [5.74, 6) is 0.251. The lowest BCUT2D eigenvalue weighted by Crippen LogP contribution is -2.51. The van der Waals surface area contributed by atoms with Crippen LogP contribution in [0.2, 0.25) is 0 Å². The van der Waals surface area contributed by atoms with Crippen LogP contribution in [0.3, 0.4) is 0 Å². The van der Waals surface area contributed by atoms with Gasteiger partial charge in [-0.1, -0.05) is 26.0 Å². The Balaban J connectivity index is 1.96. The number of rotatable bonds is 3. The Morgan fingerprint density at radius 1 is 1.35 bits per heavy atom. The lowest BCUT2D eigenvalue weighted by Gasteiger charge is -2.36. The molecule has 3 atom stereocenters. The van der Waals surface area contributed by atoms with Gasteiger partial charge in [0, 0.05) is 23.6 Å². The SMILES string of the molecule is CC1CN(C(=O)[C@H](N)Cc2ccc(O)cc2)CC(C)S1. The highest BCUT2D eigenvalue weighted by Gasteiger charge is 2.28. The molecule has 1 aromatic carbocycles. The third-order valence-electron chi connectivity index (χ3n) is 3.44. The van der Waals surface area contributed by atoms with Crippen LogP contribution in [0.5, 0.6) is 5.75 Å². The molecule has 1 amide bonds. The minimum Gasteiger partial charge on any atom is -0.508 e. The molecule has 110 valence electrons. The molecule has 1 saturated heterocycles. The Hall–Kier alpha value is -1.20. The van der Waals surface area contributed by atoms with Crippen molar-refractivity contribution in [1.82, 2.24) is 4.90 Å².